The minimum Gasteiger partial charge on any atom is -0.497 e. The molecule has 1 aromatic heterocycles. The Morgan fingerprint density at radius 1 is 1.20 bits per heavy atom. The third-order valence-corrected chi connectivity index (χ3v) is 4.01. The predicted octanol–water partition coefficient (Wildman–Crippen LogP) is 2.94. The number of methoxy groups -OCH3 is 1. The molecule has 1 amide bonds. The van der Waals surface area contributed by atoms with Crippen molar-refractivity contribution < 1.29 is 18.7 Å². The molecule has 0 aliphatic carbocycles. The van der Waals surface area contributed by atoms with Gasteiger partial charge in [-0.3, -0.25) is 9.69 Å². The van der Waals surface area contributed by atoms with Crippen LogP contribution in [0.25, 0.3) is 6.08 Å². The van der Waals surface area contributed by atoms with E-state index in [9.17, 15) is 4.79 Å². The van der Waals surface area contributed by atoms with Crippen molar-refractivity contribution in [2.75, 3.05) is 13.7 Å². The number of hydrogen-bond donors (Lipinski definition) is 1. The standard InChI is InChI=1S/C18H18N2O4S/c1-3-20-17(21)16(19-18(20)25)10-14-8-9-15(24-14)11-23-13-6-4-12(22-2)5-7-13/h4-10H,3,11H2,1-2H3,(H,19,25)/b16-10+. The van der Waals surface area contributed by atoms with Gasteiger partial charge in [-0.25, -0.2) is 0 Å². The first-order chi connectivity index (χ1) is 12.1. The second kappa shape index (κ2) is 7.40. The zero-order valence-electron chi connectivity index (χ0n) is 13.9. The van der Waals surface area contributed by atoms with Crippen molar-refractivity contribution in [1.29, 1.82) is 0 Å². The minimum atomic E-state index is -0.153. The number of ether oxygens (including phenoxy) is 2. The van der Waals surface area contributed by atoms with Gasteiger partial charge in [0.1, 0.15) is 35.3 Å². The summed E-state index contributed by atoms with van der Waals surface area (Å²) in [5, 5.41) is 3.31. The average Bonchev–Trinajstić information content (AvgIpc) is 3.18. The predicted molar refractivity (Wildman–Crippen MR) is 97.1 cm³/mol. The number of rotatable bonds is 6. The summed E-state index contributed by atoms with van der Waals surface area (Å²) in [7, 11) is 1.62. The Morgan fingerprint density at radius 2 is 1.92 bits per heavy atom. The summed E-state index contributed by atoms with van der Waals surface area (Å²) in [5.41, 5.74) is 0.406. The number of nitrogens with one attached hydrogen (secondary N) is 1. The first kappa shape index (κ1) is 17.0. The van der Waals surface area contributed by atoms with Crippen molar-refractivity contribution in [3.05, 3.63) is 53.6 Å². The maximum atomic E-state index is 12.2. The highest BCUT2D eigenvalue weighted by molar-refractivity contribution is 7.80. The Bertz CT molecular complexity index is 811. The largest absolute Gasteiger partial charge is 0.497 e. The number of thiocarbonyl (C=S) groups is 1. The third-order valence-electron chi connectivity index (χ3n) is 3.69. The summed E-state index contributed by atoms with van der Waals surface area (Å²) in [6.45, 7) is 2.69. The lowest BCUT2D eigenvalue weighted by Crippen LogP contribution is -2.30. The molecular formula is C18H18N2O4S. The monoisotopic (exact) mass is 358 g/mol. The van der Waals surface area contributed by atoms with Crippen LogP contribution in [0.1, 0.15) is 18.4 Å². The number of benzene rings is 1. The van der Waals surface area contributed by atoms with Crippen LogP contribution in [0, 0.1) is 0 Å². The van der Waals surface area contributed by atoms with Crippen molar-refractivity contribution in [2.45, 2.75) is 13.5 Å². The van der Waals surface area contributed by atoms with E-state index in [4.69, 9.17) is 26.1 Å². The van der Waals surface area contributed by atoms with E-state index >= 15 is 0 Å². The van der Waals surface area contributed by atoms with Crippen LogP contribution in [0.5, 0.6) is 11.5 Å². The minimum absolute atomic E-state index is 0.153. The Labute approximate surface area is 151 Å². The number of hydrogen-bond acceptors (Lipinski definition) is 5. The Hall–Kier alpha value is -2.80. The van der Waals surface area contributed by atoms with Gasteiger partial charge in [-0.15, -0.1) is 0 Å². The number of furan rings is 1. The van der Waals surface area contributed by atoms with Crippen molar-refractivity contribution in [3.63, 3.8) is 0 Å². The molecule has 2 aromatic rings. The van der Waals surface area contributed by atoms with Crippen LogP contribution in [-0.2, 0) is 11.4 Å². The molecule has 130 valence electrons. The van der Waals surface area contributed by atoms with E-state index in [1.807, 2.05) is 37.3 Å². The summed E-state index contributed by atoms with van der Waals surface area (Å²) in [4.78, 5) is 13.7. The van der Waals surface area contributed by atoms with Crippen molar-refractivity contribution in [3.8, 4) is 11.5 Å². The highest BCUT2D eigenvalue weighted by atomic mass is 32.1. The average molecular weight is 358 g/mol. The zero-order valence-corrected chi connectivity index (χ0v) is 14.8. The van der Waals surface area contributed by atoms with E-state index in [0.29, 0.717) is 34.6 Å². The molecule has 1 aromatic carbocycles. The molecule has 0 spiro atoms. The van der Waals surface area contributed by atoms with Crippen LogP contribution in [0.4, 0.5) is 0 Å². The van der Waals surface area contributed by atoms with Gasteiger partial charge in [0.05, 0.1) is 7.11 Å². The topological polar surface area (TPSA) is 63.9 Å². The van der Waals surface area contributed by atoms with E-state index in [0.717, 1.165) is 5.75 Å². The van der Waals surface area contributed by atoms with Crippen LogP contribution in [0.3, 0.4) is 0 Å². The summed E-state index contributed by atoms with van der Waals surface area (Å²) in [6, 6.07) is 10.9. The highest BCUT2D eigenvalue weighted by Crippen LogP contribution is 2.20. The summed E-state index contributed by atoms with van der Waals surface area (Å²) < 4.78 is 16.5. The van der Waals surface area contributed by atoms with Crippen LogP contribution in [-0.4, -0.2) is 29.6 Å². The molecule has 7 heteroatoms. The zero-order chi connectivity index (χ0) is 17.8. The molecule has 1 aliphatic rings. The quantitative estimate of drug-likeness (QED) is 0.633. The summed E-state index contributed by atoms with van der Waals surface area (Å²) >= 11 is 5.12. The molecule has 2 heterocycles. The SMILES string of the molecule is CCN1C(=O)/C(=C\c2ccc(COc3ccc(OC)cc3)o2)NC1=S. The Morgan fingerprint density at radius 3 is 2.56 bits per heavy atom. The summed E-state index contributed by atoms with van der Waals surface area (Å²) in [5.74, 6) is 2.55. The van der Waals surface area contributed by atoms with Gasteiger partial charge in [-0.1, -0.05) is 0 Å². The van der Waals surface area contributed by atoms with E-state index in [1.54, 1.807) is 19.3 Å². The number of nitrogens with zero attached hydrogens (tertiary/aromatic N) is 1. The lowest BCUT2D eigenvalue weighted by Gasteiger charge is -2.08. The van der Waals surface area contributed by atoms with E-state index in [2.05, 4.69) is 5.32 Å². The molecule has 1 N–H and O–H groups in total. The van der Waals surface area contributed by atoms with Crippen LogP contribution in [0.15, 0.2) is 46.5 Å². The van der Waals surface area contributed by atoms with Gasteiger partial charge in [0, 0.05) is 12.6 Å². The Kier molecular flexibility index (Phi) is 5.04. The van der Waals surface area contributed by atoms with Crippen LogP contribution >= 0.6 is 12.2 Å². The number of amides is 1. The van der Waals surface area contributed by atoms with Crippen molar-refractivity contribution >= 4 is 29.3 Å². The molecule has 3 rings (SSSR count). The molecule has 1 saturated heterocycles. The lowest BCUT2D eigenvalue weighted by atomic mass is 10.3. The van der Waals surface area contributed by atoms with Gasteiger partial charge >= 0.3 is 0 Å². The summed E-state index contributed by atoms with van der Waals surface area (Å²) in [6.07, 6.45) is 1.64. The fraction of sp³-hybridized carbons (Fsp3) is 0.222. The lowest BCUT2D eigenvalue weighted by molar-refractivity contribution is -0.122. The number of carbonyl (C=O) groups is 1. The van der Waals surface area contributed by atoms with Crippen molar-refractivity contribution in [2.24, 2.45) is 0 Å². The van der Waals surface area contributed by atoms with E-state index < -0.39 is 0 Å². The van der Waals surface area contributed by atoms with E-state index in [-0.39, 0.29) is 12.5 Å². The molecule has 6 nitrogen and oxygen atoms in total. The van der Waals surface area contributed by atoms with Gasteiger partial charge in [0.2, 0.25) is 0 Å². The van der Waals surface area contributed by atoms with Gasteiger partial charge in [0.15, 0.2) is 5.11 Å². The molecule has 1 aliphatic heterocycles. The molecule has 0 atom stereocenters. The normalized spacial score (nSPS) is 15.6. The number of likely N-dealkylation sites (N-methyl/N-ethyl adjacent to an activating group) is 1. The smallest absolute Gasteiger partial charge is 0.276 e. The fourth-order valence-corrected chi connectivity index (χ4v) is 2.70. The maximum Gasteiger partial charge on any atom is 0.276 e. The second-order valence-electron chi connectivity index (χ2n) is 5.31. The molecule has 1 fully saturated rings. The molecule has 0 radical (unpaired) electrons. The van der Waals surface area contributed by atoms with Gasteiger partial charge in [-0.05, 0) is 55.5 Å². The van der Waals surface area contributed by atoms with Crippen LogP contribution < -0.4 is 14.8 Å². The molecule has 0 bridgehead atoms. The first-order valence-electron chi connectivity index (χ1n) is 7.81. The molecule has 25 heavy (non-hydrogen) atoms. The van der Waals surface area contributed by atoms with E-state index in [1.165, 1.54) is 4.90 Å². The third kappa shape index (κ3) is 3.83. The fourth-order valence-electron chi connectivity index (χ4n) is 2.38. The Balaban J connectivity index is 1.63. The molecular weight excluding hydrogens is 340 g/mol. The van der Waals surface area contributed by atoms with Gasteiger partial charge in [-0.2, -0.15) is 0 Å². The number of carbonyl (C=O) groups excluding carboxylic acids is 1. The molecule has 0 unspecified atom stereocenters. The van der Waals surface area contributed by atoms with Crippen molar-refractivity contribution in [1.82, 2.24) is 10.2 Å². The molecule has 0 saturated carbocycles. The van der Waals surface area contributed by atoms with Crippen LogP contribution in [0.2, 0.25) is 0 Å². The second-order valence-corrected chi connectivity index (χ2v) is 5.69. The highest BCUT2D eigenvalue weighted by Gasteiger charge is 2.29. The maximum absolute atomic E-state index is 12.2. The van der Waals surface area contributed by atoms with Gasteiger partial charge < -0.3 is 19.2 Å². The van der Waals surface area contributed by atoms with Gasteiger partial charge in [0.25, 0.3) is 5.91 Å². The first-order valence-corrected chi connectivity index (χ1v) is 8.21.